The van der Waals surface area contributed by atoms with Crippen LogP contribution < -0.4 is 9.91 Å². The summed E-state index contributed by atoms with van der Waals surface area (Å²) < 4.78 is 5.92. The Morgan fingerprint density at radius 1 is 1.14 bits per heavy atom. The molecule has 9 heteroatoms. The molecule has 2 heterocycles. The number of amides is 2. The van der Waals surface area contributed by atoms with Crippen molar-refractivity contribution in [1.29, 1.82) is 0 Å². The van der Waals surface area contributed by atoms with Gasteiger partial charge in [-0.3, -0.25) is 14.6 Å². The van der Waals surface area contributed by atoms with Gasteiger partial charge in [0.05, 0.1) is 23.0 Å². The quantitative estimate of drug-likeness (QED) is 0.499. The molecule has 2 atom stereocenters. The number of para-hydroxylation sites is 1. The van der Waals surface area contributed by atoms with Gasteiger partial charge in [-0.2, -0.15) is 5.10 Å². The van der Waals surface area contributed by atoms with Crippen molar-refractivity contribution in [2.45, 2.75) is 13.0 Å². The molecule has 1 fully saturated rings. The summed E-state index contributed by atoms with van der Waals surface area (Å²) in [6.07, 6.45) is 0. The second-order valence-corrected chi connectivity index (χ2v) is 7.74. The van der Waals surface area contributed by atoms with E-state index in [0.29, 0.717) is 5.69 Å². The van der Waals surface area contributed by atoms with Crippen LogP contribution in [0.3, 0.4) is 0 Å². The maximum absolute atomic E-state index is 13.3. The zero-order valence-electron chi connectivity index (χ0n) is 15.2. The highest BCUT2D eigenvalue weighted by Gasteiger charge is 2.59. The van der Waals surface area contributed by atoms with Crippen LogP contribution in [0.1, 0.15) is 6.92 Å². The van der Waals surface area contributed by atoms with Gasteiger partial charge in [-0.15, -0.1) is 0 Å². The van der Waals surface area contributed by atoms with Crippen molar-refractivity contribution in [1.82, 2.24) is 0 Å². The molecular formula is C20H15BrClN3O4. The number of carbonyl (C=O) groups is 3. The number of rotatable bonds is 4. The number of hydrogen-bond acceptors (Lipinski definition) is 6. The SMILES string of the molecule is CCOC(=O)C1=NN(c2ccc(Br)cc2)[C@H]2C(=O)N(c3ccccc3Cl)C(=O)[C@@H]12. The number of carbonyl (C=O) groups excluding carboxylic acids is 3. The van der Waals surface area contributed by atoms with Crippen molar-refractivity contribution in [3.63, 3.8) is 0 Å². The summed E-state index contributed by atoms with van der Waals surface area (Å²) in [5.41, 5.74) is 0.759. The van der Waals surface area contributed by atoms with Crippen molar-refractivity contribution in [3.05, 3.63) is 58.0 Å². The summed E-state index contributed by atoms with van der Waals surface area (Å²) in [5, 5.41) is 5.97. The maximum Gasteiger partial charge on any atom is 0.355 e. The van der Waals surface area contributed by atoms with Gasteiger partial charge in [-0.1, -0.05) is 39.7 Å². The maximum atomic E-state index is 13.3. The highest BCUT2D eigenvalue weighted by atomic mass is 79.9. The van der Waals surface area contributed by atoms with E-state index >= 15 is 0 Å². The summed E-state index contributed by atoms with van der Waals surface area (Å²) in [7, 11) is 0. The molecule has 0 radical (unpaired) electrons. The molecule has 0 aromatic heterocycles. The Kier molecular flexibility index (Phi) is 5.14. The molecule has 2 aliphatic rings. The number of benzene rings is 2. The Morgan fingerprint density at radius 2 is 1.83 bits per heavy atom. The van der Waals surface area contributed by atoms with Crippen LogP contribution in [0.5, 0.6) is 0 Å². The van der Waals surface area contributed by atoms with Crippen LogP contribution in [0.15, 0.2) is 58.1 Å². The molecule has 0 unspecified atom stereocenters. The monoisotopic (exact) mass is 475 g/mol. The standard InChI is InChI=1S/C20H15BrClN3O4/c1-2-29-20(28)16-15-17(25(23-16)12-9-7-11(21)8-10-12)19(27)24(18(15)26)14-6-4-3-5-13(14)22/h3-10,15,17H,2H2,1H3/t15-,17+/m0/s1. The zero-order chi connectivity index (χ0) is 20.7. The Bertz CT molecular complexity index is 1040. The number of halogens is 2. The van der Waals surface area contributed by atoms with Crippen LogP contribution >= 0.6 is 27.5 Å². The van der Waals surface area contributed by atoms with E-state index in [-0.39, 0.29) is 23.0 Å². The fraction of sp³-hybridized carbons (Fsp3) is 0.200. The van der Waals surface area contributed by atoms with Gasteiger partial charge in [0.25, 0.3) is 5.91 Å². The lowest BCUT2D eigenvalue weighted by Gasteiger charge is -2.22. The lowest BCUT2D eigenvalue weighted by Crippen LogP contribution is -2.39. The number of fused-ring (bicyclic) bond motifs is 1. The highest BCUT2D eigenvalue weighted by Crippen LogP contribution is 2.40. The summed E-state index contributed by atoms with van der Waals surface area (Å²) in [5.74, 6) is -2.84. The Morgan fingerprint density at radius 3 is 2.48 bits per heavy atom. The number of hydrazone groups is 1. The molecule has 2 aliphatic heterocycles. The third-order valence-corrected chi connectivity index (χ3v) is 5.57. The summed E-state index contributed by atoms with van der Waals surface area (Å²) in [6, 6.07) is 12.6. The predicted molar refractivity (Wildman–Crippen MR) is 112 cm³/mol. The molecular weight excluding hydrogens is 462 g/mol. The Hall–Kier alpha value is -2.71. The molecule has 2 aromatic rings. The van der Waals surface area contributed by atoms with Gasteiger partial charge in [0.2, 0.25) is 5.91 Å². The minimum Gasteiger partial charge on any atom is -0.461 e. The molecule has 0 aliphatic carbocycles. The first kappa shape index (κ1) is 19.6. The van der Waals surface area contributed by atoms with Crippen LogP contribution in [-0.4, -0.2) is 36.1 Å². The average molecular weight is 477 g/mol. The topological polar surface area (TPSA) is 79.3 Å². The van der Waals surface area contributed by atoms with Gasteiger partial charge >= 0.3 is 5.97 Å². The van der Waals surface area contributed by atoms with E-state index in [0.717, 1.165) is 9.37 Å². The zero-order valence-corrected chi connectivity index (χ0v) is 17.6. The lowest BCUT2D eigenvalue weighted by atomic mass is 9.98. The summed E-state index contributed by atoms with van der Waals surface area (Å²) in [6.45, 7) is 1.79. The number of ether oxygens (including phenoxy) is 1. The van der Waals surface area contributed by atoms with E-state index in [2.05, 4.69) is 21.0 Å². The summed E-state index contributed by atoms with van der Waals surface area (Å²) >= 11 is 9.59. The minimum atomic E-state index is -1.07. The van der Waals surface area contributed by atoms with Crippen LogP contribution in [0.4, 0.5) is 11.4 Å². The number of nitrogens with zero attached hydrogens (tertiary/aromatic N) is 3. The molecule has 2 amide bonds. The van der Waals surface area contributed by atoms with E-state index in [1.165, 1.54) is 5.01 Å². The third-order valence-electron chi connectivity index (χ3n) is 4.72. The first-order valence-electron chi connectivity index (χ1n) is 8.86. The number of anilines is 2. The van der Waals surface area contributed by atoms with Crippen molar-refractivity contribution in [3.8, 4) is 0 Å². The number of imide groups is 1. The second kappa shape index (κ2) is 7.61. The molecule has 1 saturated heterocycles. The van der Waals surface area contributed by atoms with E-state index in [4.69, 9.17) is 16.3 Å². The van der Waals surface area contributed by atoms with Gasteiger partial charge < -0.3 is 4.74 Å². The largest absolute Gasteiger partial charge is 0.461 e. The molecule has 148 valence electrons. The van der Waals surface area contributed by atoms with E-state index < -0.39 is 29.7 Å². The van der Waals surface area contributed by atoms with Crippen LogP contribution in [0.25, 0.3) is 0 Å². The van der Waals surface area contributed by atoms with Gasteiger partial charge in [-0.05, 0) is 43.3 Å². The molecule has 7 nitrogen and oxygen atoms in total. The molecule has 4 rings (SSSR count). The fourth-order valence-corrected chi connectivity index (χ4v) is 3.95. The first-order chi connectivity index (χ1) is 13.9. The molecule has 0 saturated carbocycles. The Balaban J connectivity index is 1.81. The first-order valence-corrected chi connectivity index (χ1v) is 10.0. The molecule has 0 N–H and O–H groups in total. The normalized spacial score (nSPS) is 20.7. The number of esters is 1. The van der Waals surface area contributed by atoms with Crippen molar-refractivity contribution in [2.24, 2.45) is 11.0 Å². The van der Waals surface area contributed by atoms with Gasteiger partial charge in [0.15, 0.2) is 5.71 Å². The summed E-state index contributed by atoms with van der Waals surface area (Å²) in [4.78, 5) is 40.0. The van der Waals surface area contributed by atoms with Gasteiger partial charge in [0, 0.05) is 4.47 Å². The molecule has 0 spiro atoms. The van der Waals surface area contributed by atoms with E-state index in [1.54, 1.807) is 55.5 Å². The Labute approximate surface area is 180 Å². The van der Waals surface area contributed by atoms with Crippen LogP contribution in [0, 0.1) is 5.92 Å². The number of hydrogen-bond donors (Lipinski definition) is 0. The second-order valence-electron chi connectivity index (χ2n) is 6.41. The van der Waals surface area contributed by atoms with Crippen molar-refractivity contribution in [2.75, 3.05) is 16.5 Å². The van der Waals surface area contributed by atoms with Gasteiger partial charge in [0.1, 0.15) is 12.0 Å². The molecule has 0 bridgehead atoms. The third kappa shape index (κ3) is 3.22. The highest BCUT2D eigenvalue weighted by molar-refractivity contribution is 9.10. The lowest BCUT2D eigenvalue weighted by molar-refractivity contribution is -0.136. The minimum absolute atomic E-state index is 0.0901. The smallest absolute Gasteiger partial charge is 0.355 e. The van der Waals surface area contributed by atoms with Crippen LogP contribution in [0.2, 0.25) is 5.02 Å². The van der Waals surface area contributed by atoms with Gasteiger partial charge in [-0.25, -0.2) is 9.69 Å². The van der Waals surface area contributed by atoms with Crippen molar-refractivity contribution < 1.29 is 19.1 Å². The van der Waals surface area contributed by atoms with Crippen LogP contribution in [-0.2, 0) is 19.1 Å². The van der Waals surface area contributed by atoms with E-state index in [1.807, 2.05) is 0 Å². The van der Waals surface area contributed by atoms with Crippen molar-refractivity contribution >= 4 is 62.4 Å². The molecule has 2 aromatic carbocycles. The molecule has 29 heavy (non-hydrogen) atoms. The average Bonchev–Trinajstić information content (AvgIpc) is 3.21. The van der Waals surface area contributed by atoms with E-state index in [9.17, 15) is 14.4 Å². The fourth-order valence-electron chi connectivity index (χ4n) is 3.47. The predicted octanol–water partition coefficient (Wildman–Crippen LogP) is 3.40.